The van der Waals surface area contributed by atoms with Gasteiger partial charge in [-0.3, -0.25) is 5.10 Å². The van der Waals surface area contributed by atoms with Crippen molar-refractivity contribution in [1.82, 2.24) is 15.1 Å². The lowest BCUT2D eigenvalue weighted by atomic mass is 10.1. The third-order valence-electron chi connectivity index (χ3n) is 3.26. The molecule has 2 N–H and O–H groups in total. The van der Waals surface area contributed by atoms with Crippen LogP contribution in [0.1, 0.15) is 16.7 Å². The molecule has 0 radical (unpaired) electrons. The Labute approximate surface area is 119 Å². The van der Waals surface area contributed by atoms with Crippen molar-refractivity contribution in [3.8, 4) is 0 Å². The third kappa shape index (κ3) is 3.60. The van der Waals surface area contributed by atoms with Crippen molar-refractivity contribution in [3.63, 3.8) is 0 Å². The Morgan fingerprint density at radius 1 is 1.40 bits per heavy atom. The molecule has 0 spiro atoms. The summed E-state index contributed by atoms with van der Waals surface area (Å²) in [7, 11) is 1.79. The van der Waals surface area contributed by atoms with E-state index in [0.29, 0.717) is 6.54 Å². The average molecular weight is 272 g/mol. The van der Waals surface area contributed by atoms with Gasteiger partial charge in [-0.25, -0.2) is 4.79 Å². The predicted octanol–water partition coefficient (Wildman–Crippen LogP) is 2.73. The maximum atomic E-state index is 12.1. The van der Waals surface area contributed by atoms with Crippen LogP contribution >= 0.6 is 0 Å². The molecule has 0 aliphatic carbocycles. The zero-order valence-corrected chi connectivity index (χ0v) is 12.1. The fraction of sp³-hybridized carbons (Fsp3) is 0.333. The number of nitrogens with one attached hydrogen (secondary N) is 2. The van der Waals surface area contributed by atoms with E-state index in [1.165, 1.54) is 5.56 Å². The first kappa shape index (κ1) is 14.1. The highest BCUT2D eigenvalue weighted by molar-refractivity contribution is 5.90. The van der Waals surface area contributed by atoms with Crippen molar-refractivity contribution in [1.29, 1.82) is 0 Å². The van der Waals surface area contributed by atoms with Gasteiger partial charge in [0, 0.05) is 25.5 Å². The second-order valence-corrected chi connectivity index (χ2v) is 5.03. The minimum absolute atomic E-state index is 0.0968. The number of hydrogen-bond acceptors (Lipinski definition) is 2. The summed E-state index contributed by atoms with van der Waals surface area (Å²) in [6.45, 7) is 4.68. The fourth-order valence-electron chi connectivity index (χ4n) is 1.98. The number of hydrogen-bond donors (Lipinski definition) is 2. The third-order valence-corrected chi connectivity index (χ3v) is 3.26. The highest BCUT2D eigenvalue weighted by Gasteiger charge is 2.10. The number of aromatic amines is 1. The quantitative estimate of drug-likeness (QED) is 0.899. The highest BCUT2D eigenvalue weighted by Crippen LogP contribution is 2.16. The average Bonchev–Trinajstić information content (AvgIpc) is 2.92. The molecule has 2 aromatic rings. The number of nitrogens with zero attached hydrogens (tertiary/aromatic N) is 2. The molecule has 5 nitrogen and oxygen atoms in total. The molecule has 0 unspecified atom stereocenters. The molecule has 106 valence electrons. The predicted molar refractivity (Wildman–Crippen MR) is 79.9 cm³/mol. The molecule has 0 saturated heterocycles. The van der Waals surface area contributed by atoms with Crippen LogP contribution in [0, 0.1) is 13.8 Å². The topological polar surface area (TPSA) is 61.0 Å². The fourth-order valence-corrected chi connectivity index (χ4v) is 1.98. The van der Waals surface area contributed by atoms with Crippen molar-refractivity contribution >= 4 is 11.7 Å². The number of carbonyl (C=O) groups is 1. The molecule has 0 bridgehead atoms. The number of carbonyl (C=O) groups excluding carboxylic acids is 1. The molecule has 0 aliphatic heterocycles. The minimum atomic E-state index is -0.0968. The second-order valence-electron chi connectivity index (χ2n) is 5.03. The molecule has 0 aliphatic rings. The minimum Gasteiger partial charge on any atom is -0.327 e. The van der Waals surface area contributed by atoms with Gasteiger partial charge in [0.2, 0.25) is 0 Å². The summed E-state index contributed by atoms with van der Waals surface area (Å²) < 4.78 is 0. The number of anilines is 1. The first-order valence-corrected chi connectivity index (χ1v) is 6.63. The van der Waals surface area contributed by atoms with Gasteiger partial charge < -0.3 is 10.2 Å². The molecular weight excluding hydrogens is 252 g/mol. The van der Waals surface area contributed by atoms with Crippen LogP contribution in [0.2, 0.25) is 0 Å². The van der Waals surface area contributed by atoms with Crippen LogP contribution in [-0.2, 0) is 6.42 Å². The molecule has 2 amide bonds. The molecule has 2 rings (SSSR count). The standard InChI is InChI=1S/C15H20N4O/c1-11-4-5-14(12(2)8-11)18-15(20)19(3)7-6-13-9-16-17-10-13/h4-5,8-10H,6-7H2,1-3H3,(H,16,17)(H,18,20). The van der Waals surface area contributed by atoms with Gasteiger partial charge in [-0.15, -0.1) is 0 Å². The van der Waals surface area contributed by atoms with Gasteiger partial charge in [0.25, 0.3) is 0 Å². The lowest BCUT2D eigenvalue weighted by Crippen LogP contribution is -2.33. The van der Waals surface area contributed by atoms with Gasteiger partial charge in [0.05, 0.1) is 6.20 Å². The van der Waals surface area contributed by atoms with Gasteiger partial charge in [0.15, 0.2) is 0 Å². The summed E-state index contributed by atoms with van der Waals surface area (Å²) in [6.07, 6.45) is 4.40. The zero-order chi connectivity index (χ0) is 14.5. The Morgan fingerprint density at radius 2 is 2.20 bits per heavy atom. The van der Waals surface area contributed by atoms with Crippen molar-refractivity contribution in [2.45, 2.75) is 20.3 Å². The summed E-state index contributed by atoms with van der Waals surface area (Å²) >= 11 is 0. The Kier molecular flexibility index (Phi) is 4.40. The molecule has 0 saturated carbocycles. The van der Waals surface area contributed by atoms with E-state index in [9.17, 15) is 4.79 Å². The van der Waals surface area contributed by atoms with Gasteiger partial charge in [-0.1, -0.05) is 17.7 Å². The largest absolute Gasteiger partial charge is 0.327 e. The molecule has 1 aromatic heterocycles. The van der Waals surface area contributed by atoms with Gasteiger partial charge in [-0.05, 0) is 37.5 Å². The lowest BCUT2D eigenvalue weighted by Gasteiger charge is -2.18. The van der Waals surface area contributed by atoms with E-state index in [-0.39, 0.29) is 6.03 Å². The van der Waals surface area contributed by atoms with Crippen LogP contribution < -0.4 is 5.32 Å². The molecule has 1 aromatic carbocycles. The van der Waals surface area contributed by atoms with Crippen molar-refractivity contribution in [3.05, 3.63) is 47.3 Å². The summed E-state index contributed by atoms with van der Waals surface area (Å²) in [6, 6.07) is 5.89. The van der Waals surface area contributed by atoms with Crippen molar-refractivity contribution < 1.29 is 4.79 Å². The number of likely N-dealkylation sites (N-methyl/N-ethyl adjacent to an activating group) is 1. The van der Waals surface area contributed by atoms with E-state index >= 15 is 0 Å². The van der Waals surface area contributed by atoms with Crippen molar-refractivity contribution in [2.75, 3.05) is 18.9 Å². The van der Waals surface area contributed by atoms with Crippen molar-refractivity contribution in [2.24, 2.45) is 0 Å². The van der Waals surface area contributed by atoms with Crippen LogP contribution in [0.3, 0.4) is 0 Å². The van der Waals surface area contributed by atoms with Crippen LogP contribution in [0.5, 0.6) is 0 Å². The maximum absolute atomic E-state index is 12.1. The van der Waals surface area contributed by atoms with E-state index in [4.69, 9.17) is 0 Å². The van der Waals surface area contributed by atoms with Crippen LogP contribution in [0.4, 0.5) is 10.5 Å². The summed E-state index contributed by atoms with van der Waals surface area (Å²) in [5.74, 6) is 0. The van der Waals surface area contributed by atoms with Crippen LogP contribution in [0.15, 0.2) is 30.6 Å². The number of rotatable bonds is 4. The molecular formula is C15H20N4O. The van der Waals surface area contributed by atoms with E-state index in [0.717, 1.165) is 23.2 Å². The molecule has 20 heavy (non-hydrogen) atoms. The Balaban J connectivity index is 1.90. The lowest BCUT2D eigenvalue weighted by molar-refractivity contribution is 0.223. The van der Waals surface area contributed by atoms with Gasteiger partial charge >= 0.3 is 6.03 Å². The summed E-state index contributed by atoms with van der Waals surface area (Å²) in [5.41, 5.74) is 4.21. The first-order chi connectivity index (χ1) is 9.56. The molecule has 0 fully saturated rings. The van der Waals surface area contributed by atoms with Gasteiger partial charge in [0.1, 0.15) is 0 Å². The number of aromatic nitrogens is 2. The highest BCUT2D eigenvalue weighted by atomic mass is 16.2. The number of amides is 2. The Hall–Kier alpha value is -2.30. The monoisotopic (exact) mass is 272 g/mol. The SMILES string of the molecule is Cc1ccc(NC(=O)N(C)CCc2cn[nH]c2)c(C)c1. The summed E-state index contributed by atoms with van der Waals surface area (Å²) in [4.78, 5) is 13.8. The van der Waals surface area contributed by atoms with Gasteiger partial charge in [-0.2, -0.15) is 5.10 Å². The van der Waals surface area contributed by atoms with Crippen LogP contribution in [0.25, 0.3) is 0 Å². The maximum Gasteiger partial charge on any atom is 0.321 e. The first-order valence-electron chi connectivity index (χ1n) is 6.63. The smallest absolute Gasteiger partial charge is 0.321 e. The Bertz CT molecular complexity index is 578. The number of aryl methyl sites for hydroxylation is 2. The number of H-pyrrole nitrogens is 1. The molecule has 5 heteroatoms. The zero-order valence-electron chi connectivity index (χ0n) is 12.1. The van der Waals surface area contributed by atoms with E-state index in [1.807, 2.05) is 32.2 Å². The molecule has 1 heterocycles. The normalized spacial score (nSPS) is 10.3. The molecule has 0 atom stereocenters. The van der Waals surface area contributed by atoms with E-state index in [1.54, 1.807) is 18.1 Å². The Morgan fingerprint density at radius 3 is 2.85 bits per heavy atom. The summed E-state index contributed by atoms with van der Waals surface area (Å²) in [5, 5.41) is 9.59. The van der Waals surface area contributed by atoms with Crippen LogP contribution in [-0.4, -0.2) is 34.7 Å². The van der Waals surface area contributed by atoms with E-state index in [2.05, 4.69) is 21.6 Å². The van der Waals surface area contributed by atoms with E-state index < -0.39 is 0 Å². The second kappa shape index (κ2) is 6.23. The number of urea groups is 1. The number of benzene rings is 1.